The molecular formula is C9H7ClN4O. The maximum absolute atomic E-state index is 11.0. The zero-order valence-electron chi connectivity index (χ0n) is 7.88. The number of carbonyl (C=O) groups is 1. The van der Waals surface area contributed by atoms with Gasteiger partial charge < -0.3 is 0 Å². The van der Waals surface area contributed by atoms with Crippen molar-refractivity contribution in [2.24, 2.45) is 0 Å². The first kappa shape index (κ1) is 9.79. The van der Waals surface area contributed by atoms with Crippen molar-refractivity contribution in [3.8, 4) is 5.82 Å². The molecule has 6 heteroatoms. The van der Waals surface area contributed by atoms with Crippen LogP contribution >= 0.6 is 11.6 Å². The second kappa shape index (κ2) is 3.78. The number of nitrogens with zero attached hydrogens (tertiary/aromatic N) is 4. The van der Waals surface area contributed by atoms with Crippen LogP contribution in [0, 0.1) is 6.92 Å². The Bertz CT molecular complexity index is 495. The standard InChI is InChI=1S/C9H7ClN4O/c1-6-7(9(10)15)2-3-8(13-6)14-5-11-4-12-14/h2-5H,1H3. The zero-order valence-corrected chi connectivity index (χ0v) is 8.64. The Kier molecular flexibility index (Phi) is 2.47. The van der Waals surface area contributed by atoms with E-state index in [2.05, 4.69) is 15.1 Å². The summed E-state index contributed by atoms with van der Waals surface area (Å²) >= 11 is 5.37. The zero-order chi connectivity index (χ0) is 10.8. The van der Waals surface area contributed by atoms with Crippen molar-refractivity contribution in [2.75, 3.05) is 0 Å². The van der Waals surface area contributed by atoms with E-state index < -0.39 is 5.24 Å². The van der Waals surface area contributed by atoms with Crippen molar-refractivity contribution >= 4 is 16.8 Å². The normalized spacial score (nSPS) is 10.3. The van der Waals surface area contributed by atoms with Gasteiger partial charge in [0, 0.05) is 0 Å². The summed E-state index contributed by atoms with van der Waals surface area (Å²) in [5.74, 6) is 0.603. The predicted octanol–water partition coefficient (Wildman–Crippen LogP) is 1.35. The minimum atomic E-state index is -0.509. The molecule has 2 heterocycles. The molecule has 15 heavy (non-hydrogen) atoms. The highest BCUT2D eigenvalue weighted by molar-refractivity contribution is 6.67. The van der Waals surface area contributed by atoms with Crippen LogP contribution in [0.15, 0.2) is 24.8 Å². The Morgan fingerprint density at radius 3 is 2.80 bits per heavy atom. The van der Waals surface area contributed by atoms with Crippen LogP contribution < -0.4 is 0 Å². The summed E-state index contributed by atoms with van der Waals surface area (Å²) in [4.78, 5) is 19.0. The van der Waals surface area contributed by atoms with Crippen LogP contribution in [0.25, 0.3) is 5.82 Å². The predicted molar refractivity (Wildman–Crippen MR) is 54.1 cm³/mol. The van der Waals surface area contributed by atoms with Gasteiger partial charge in [-0.05, 0) is 30.7 Å². The molecule has 2 aromatic rings. The van der Waals surface area contributed by atoms with Crippen molar-refractivity contribution in [1.29, 1.82) is 0 Å². The average Bonchev–Trinajstić information content (AvgIpc) is 2.69. The molecule has 5 nitrogen and oxygen atoms in total. The molecule has 2 rings (SSSR count). The summed E-state index contributed by atoms with van der Waals surface area (Å²) < 4.78 is 1.51. The van der Waals surface area contributed by atoms with E-state index in [0.717, 1.165) is 0 Å². The molecule has 0 spiro atoms. The summed E-state index contributed by atoms with van der Waals surface area (Å²) in [6, 6.07) is 3.28. The van der Waals surface area contributed by atoms with E-state index in [0.29, 0.717) is 17.1 Å². The Hall–Kier alpha value is -1.75. The molecular weight excluding hydrogens is 216 g/mol. The second-order valence-electron chi connectivity index (χ2n) is 2.92. The van der Waals surface area contributed by atoms with Crippen molar-refractivity contribution < 1.29 is 4.79 Å². The number of halogens is 1. The molecule has 0 atom stereocenters. The van der Waals surface area contributed by atoms with Gasteiger partial charge in [0.15, 0.2) is 5.82 Å². The van der Waals surface area contributed by atoms with Gasteiger partial charge in [0.2, 0.25) is 0 Å². The van der Waals surface area contributed by atoms with E-state index in [-0.39, 0.29) is 0 Å². The fourth-order valence-corrected chi connectivity index (χ4v) is 1.41. The number of aryl methyl sites for hydroxylation is 1. The summed E-state index contributed by atoms with van der Waals surface area (Å²) in [6.45, 7) is 1.72. The van der Waals surface area contributed by atoms with Gasteiger partial charge in [0.1, 0.15) is 12.7 Å². The monoisotopic (exact) mass is 222 g/mol. The molecule has 0 aliphatic heterocycles. The summed E-state index contributed by atoms with van der Waals surface area (Å²) in [6.07, 6.45) is 2.95. The number of pyridine rings is 1. The van der Waals surface area contributed by atoms with Gasteiger partial charge in [-0.3, -0.25) is 4.79 Å². The fourth-order valence-electron chi connectivity index (χ4n) is 1.21. The quantitative estimate of drug-likeness (QED) is 0.720. The van der Waals surface area contributed by atoms with Crippen LogP contribution in [0.5, 0.6) is 0 Å². The van der Waals surface area contributed by atoms with Gasteiger partial charge in [-0.2, -0.15) is 5.10 Å². The summed E-state index contributed by atoms with van der Waals surface area (Å²) in [5.41, 5.74) is 0.975. The first-order valence-electron chi connectivity index (χ1n) is 4.21. The van der Waals surface area contributed by atoms with E-state index in [9.17, 15) is 4.79 Å². The second-order valence-corrected chi connectivity index (χ2v) is 3.26. The van der Waals surface area contributed by atoms with Gasteiger partial charge in [0.05, 0.1) is 11.3 Å². The summed E-state index contributed by atoms with van der Waals surface area (Å²) in [5, 5.41) is 3.42. The smallest absolute Gasteiger partial charge is 0.254 e. The van der Waals surface area contributed by atoms with Crippen molar-refractivity contribution in [2.45, 2.75) is 6.92 Å². The fraction of sp³-hybridized carbons (Fsp3) is 0.111. The van der Waals surface area contributed by atoms with Gasteiger partial charge in [-0.1, -0.05) is 0 Å². The van der Waals surface area contributed by atoms with Crippen molar-refractivity contribution in [3.63, 3.8) is 0 Å². The molecule has 0 aliphatic rings. The van der Waals surface area contributed by atoms with Gasteiger partial charge in [-0.25, -0.2) is 14.6 Å². The van der Waals surface area contributed by atoms with Gasteiger partial charge >= 0.3 is 0 Å². The number of hydrogen-bond acceptors (Lipinski definition) is 4. The molecule has 0 saturated carbocycles. The lowest BCUT2D eigenvalue weighted by Gasteiger charge is -2.03. The van der Waals surface area contributed by atoms with Crippen LogP contribution in [-0.2, 0) is 0 Å². The van der Waals surface area contributed by atoms with Crippen LogP contribution in [0.1, 0.15) is 16.1 Å². The average molecular weight is 223 g/mol. The SMILES string of the molecule is Cc1nc(-n2cncn2)ccc1C(=O)Cl. The molecule has 0 aliphatic carbocycles. The lowest BCUT2D eigenvalue weighted by atomic mass is 10.2. The van der Waals surface area contributed by atoms with Crippen molar-refractivity contribution in [3.05, 3.63) is 36.0 Å². The molecule has 0 radical (unpaired) electrons. The van der Waals surface area contributed by atoms with E-state index in [1.54, 1.807) is 19.1 Å². The maximum atomic E-state index is 11.0. The van der Waals surface area contributed by atoms with Crippen LogP contribution in [0.4, 0.5) is 0 Å². The van der Waals surface area contributed by atoms with Crippen LogP contribution in [-0.4, -0.2) is 25.0 Å². The first-order valence-corrected chi connectivity index (χ1v) is 4.59. The lowest BCUT2D eigenvalue weighted by molar-refractivity contribution is 0.108. The number of carbonyl (C=O) groups excluding carboxylic acids is 1. The van der Waals surface area contributed by atoms with E-state index >= 15 is 0 Å². The van der Waals surface area contributed by atoms with Gasteiger partial charge in [0.25, 0.3) is 5.24 Å². The van der Waals surface area contributed by atoms with Crippen LogP contribution in [0.3, 0.4) is 0 Å². The van der Waals surface area contributed by atoms with E-state index in [1.165, 1.54) is 17.3 Å². The van der Waals surface area contributed by atoms with Gasteiger partial charge in [-0.15, -0.1) is 0 Å². The molecule has 0 unspecified atom stereocenters. The Morgan fingerprint density at radius 1 is 1.47 bits per heavy atom. The van der Waals surface area contributed by atoms with E-state index in [4.69, 9.17) is 11.6 Å². The topological polar surface area (TPSA) is 60.7 Å². The molecule has 2 aromatic heterocycles. The first-order chi connectivity index (χ1) is 7.18. The molecule has 0 amide bonds. The van der Waals surface area contributed by atoms with Crippen molar-refractivity contribution in [1.82, 2.24) is 19.7 Å². The molecule has 76 valence electrons. The highest BCUT2D eigenvalue weighted by Crippen LogP contribution is 2.11. The molecule has 0 aromatic carbocycles. The third-order valence-corrected chi connectivity index (χ3v) is 2.14. The largest absolute Gasteiger partial charge is 0.276 e. The highest BCUT2D eigenvalue weighted by Gasteiger charge is 2.08. The number of aromatic nitrogens is 4. The third kappa shape index (κ3) is 1.87. The Morgan fingerprint density at radius 2 is 2.27 bits per heavy atom. The maximum Gasteiger partial charge on any atom is 0.254 e. The molecule has 0 fully saturated rings. The van der Waals surface area contributed by atoms with E-state index in [1.807, 2.05) is 0 Å². The minimum absolute atomic E-state index is 0.403. The summed E-state index contributed by atoms with van der Waals surface area (Å²) in [7, 11) is 0. The number of rotatable bonds is 2. The van der Waals surface area contributed by atoms with Crippen LogP contribution in [0.2, 0.25) is 0 Å². The molecule has 0 bridgehead atoms. The lowest BCUT2D eigenvalue weighted by Crippen LogP contribution is -2.03. The Balaban J connectivity index is 2.47. The third-order valence-electron chi connectivity index (χ3n) is 1.94. The highest BCUT2D eigenvalue weighted by atomic mass is 35.5. The minimum Gasteiger partial charge on any atom is -0.276 e. The Labute approximate surface area is 90.7 Å². The number of hydrogen-bond donors (Lipinski definition) is 0. The molecule has 0 N–H and O–H groups in total. The molecule has 0 saturated heterocycles.